The number of carbonyl (C=O) groups excluding carboxylic acids is 2. The van der Waals surface area contributed by atoms with Crippen molar-refractivity contribution in [3.8, 4) is 0 Å². The van der Waals surface area contributed by atoms with Crippen LogP contribution in [0, 0.1) is 13.8 Å². The van der Waals surface area contributed by atoms with Crippen LogP contribution in [0.15, 0.2) is 33.7 Å². The highest BCUT2D eigenvalue weighted by molar-refractivity contribution is 7.90. The molecule has 0 fully saturated rings. The number of esters is 1. The highest BCUT2D eigenvalue weighted by Crippen LogP contribution is 2.16. The van der Waals surface area contributed by atoms with E-state index in [2.05, 4.69) is 9.89 Å². The number of ether oxygens (including phenoxy) is 1. The van der Waals surface area contributed by atoms with Crippen LogP contribution in [0.3, 0.4) is 0 Å². The number of methoxy groups -OCH3 is 1. The van der Waals surface area contributed by atoms with Gasteiger partial charge in [0.1, 0.15) is 11.3 Å². The Morgan fingerprint density at radius 2 is 1.96 bits per heavy atom. The van der Waals surface area contributed by atoms with E-state index in [1.807, 2.05) is 4.72 Å². The van der Waals surface area contributed by atoms with Crippen LogP contribution in [0.25, 0.3) is 0 Å². The molecule has 0 aliphatic carbocycles. The monoisotopic (exact) mass is 338 g/mol. The quantitative estimate of drug-likeness (QED) is 0.833. The van der Waals surface area contributed by atoms with Gasteiger partial charge in [0.15, 0.2) is 0 Å². The normalized spacial score (nSPS) is 11.1. The van der Waals surface area contributed by atoms with Gasteiger partial charge in [0, 0.05) is 0 Å². The molecule has 0 saturated carbocycles. The summed E-state index contributed by atoms with van der Waals surface area (Å²) in [6, 6.07) is 5.16. The Morgan fingerprint density at radius 3 is 2.52 bits per heavy atom. The number of nitrogens with zero attached hydrogens (tertiary/aromatic N) is 1. The average molecular weight is 338 g/mol. The number of amides is 1. The Morgan fingerprint density at radius 1 is 1.26 bits per heavy atom. The number of sulfonamides is 1. The molecule has 0 saturated heterocycles. The van der Waals surface area contributed by atoms with Crippen molar-refractivity contribution < 1.29 is 27.3 Å². The summed E-state index contributed by atoms with van der Waals surface area (Å²) < 4.78 is 35.9. The molecule has 0 radical (unpaired) electrons. The lowest BCUT2D eigenvalue weighted by Crippen LogP contribution is -2.31. The second kappa shape index (κ2) is 6.21. The van der Waals surface area contributed by atoms with Gasteiger partial charge in [0.05, 0.1) is 23.3 Å². The Labute approximate surface area is 132 Å². The van der Waals surface area contributed by atoms with Gasteiger partial charge in [-0.15, -0.1) is 0 Å². The van der Waals surface area contributed by atoms with Crippen LogP contribution in [0.2, 0.25) is 0 Å². The average Bonchev–Trinajstić information content (AvgIpc) is 2.85. The van der Waals surface area contributed by atoms with Gasteiger partial charge in [0.2, 0.25) is 0 Å². The van der Waals surface area contributed by atoms with Crippen LogP contribution in [0.4, 0.5) is 0 Å². The van der Waals surface area contributed by atoms with Crippen molar-refractivity contribution in [3.63, 3.8) is 0 Å². The zero-order valence-electron chi connectivity index (χ0n) is 12.6. The summed E-state index contributed by atoms with van der Waals surface area (Å²) in [5, 5.41) is 3.60. The Bertz CT molecular complexity index is 850. The molecular formula is C14H14N2O6S. The molecule has 1 aromatic carbocycles. The van der Waals surface area contributed by atoms with E-state index in [1.165, 1.54) is 39.2 Å². The van der Waals surface area contributed by atoms with Crippen molar-refractivity contribution in [2.45, 2.75) is 18.7 Å². The highest BCUT2D eigenvalue weighted by Gasteiger charge is 2.24. The topological polar surface area (TPSA) is 116 Å². The van der Waals surface area contributed by atoms with Crippen molar-refractivity contribution in [2.75, 3.05) is 7.11 Å². The number of hydrogen-bond donors (Lipinski definition) is 1. The van der Waals surface area contributed by atoms with Gasteiger partial charge in [-0.2, -0.15) is 0 Å². The molecule has 0 aliphatic rings. The van der Waals surface area contributed by atoms with E-state index in [-0.39, 0.29) is 27.5 Å². The van der Waals surface area contributed by atoms with Crippen molar-refractivity contribution >= 4 is 21.9 Å². The standard InChI is InChI=1S/C14H14N2O6S/c1-8-12(9(2)22-15-8)13(17)16-23(19,20)11-6-4-5-10(7-11)14(18)21-3/h4-7H,1-3H3,(H,16,17). The minimum Gasteiger partial charge on any atom is -0.465 e. The predicted octanol–water partition coefficient (Wildman–Crippen LogP) is 1.20. The maximum Gasteiger partial charge on any atom is 0.337 e. The van der Waals surface area contributed by atoms with E-state index in [0.717, 1.165) is 6.07 Å². The zero-order chi connectivity index (χ0) is 17.2. The van der Waals surface area contributed by atoms with Crippen LogP contribution in [-0.4, -0.2) is 32.6 Å². The molecule has 9 heteroatoms. The molecule has 23 heavy (non-hydrogen) atoms. The van der Waals surface area contributed by atoms with E-state index in [4.69, 9.17) is 4.52 Å². The van der Waals surface area contributed by atoms with Gasteiger partial charge >= 0.3 is 5.97 Å². The minimum absolute atomic E-state index is 0.0534. The molecule has 0 spiro atoms. The lowest BCUT2D eigenvalue weighted by molar-refractivity contribution is 0.0600. The first-order valence-electron chi connectivity index (χ1n) is 6.44. The second-order valence-corrected chi connectivity index (χ2v) is 6.34. The summed E-state index contributed by atoms with van der Waals surface area (Å²) in [4.78, 5) is 23.4. The van der Waals surface area contributed by atoms with Crippen molar-refractivity contribution in [1.82, 2.24) is 9.88 Å². The lowest BCUT2D eigenvalue weighted by Gasteiger charge is -2.07. The molecule has 1 aromatic heterocycles. The molecule has 1 amide bonds. The van der Waals surface area contributed by atoms with Crippen molar-refractivity contribution in [3.05, 3.63) is 46.8 Å². The molecule has 0 aliphatic heterocycles. The van der Waals surface area contributed by atoms with Crippen LogP contribution in [-0.2, 0) is 14.8 Å². The van der Waals surface area contributed by atoms with Crippen molar-refractivity contribution in [2.24, 2.45) is 0 Å². The Balaban J connectivity index is 2.33. The minimum atomic E-state index is -4.16. The molecule has 1 heterocycles. The zero-order valence-corrected chi connectivity index (χ0v) is 13.4. The third kappa shape index (κ3) is 3.39. The largest absolute Gasteiger partial charge is 0.465 e. The molecule has 0 bridgehead atoms. The number of rotatable bonds is 4. The van der Waals surface area contributed by atoms with E-state index in [9.17, 15) is 18.0 Å². The van der Waals surface area contributed by atoms with Crippen LogP contribution in [0.1, 0.15) is 32.2 Å². The van der Waals surface area contributed by atoms with Crippen LogP contribution in [0.5, 0.6) is 0 Å². The van der Waals surface area contributed by atoms with Gasteiger partial charge < -0.3 is 9.26 Å². The number of hydrogen-bond acceptors (Lipinski definition) is 7. The second-order valence-electron chi connectivity index (χ2n) is 4.65. The predicted molar refractivity (Wildman–Crippen MR) is 78.4 cm³/mol. The molecular weight excluding hydrogens is 324 g/mol. The number of aromatic nitrogens is 1. The van der Waals surface area contributed by atoms with Gasteiger partial charge in [0.25, 0.3) is 15.9 Å². The fourth-order valence-electron chi connectivity index (χ4n) is 1.95. The summed E-state index contributed by atoms with van der Waals surface area (Å²) in [6.07, 6.45) is 0. The third-order valence-corrected chi connectivity index (χ3v) is 4.38. The summed E-state index contributed by atoms with van der Waals surface area (Å²) in [6.45, 7) is 3.02. The molecule has 8 nitrogen and oxygen atoms in total. The first kappa shape index (κ1) is 16.7. The summed E-state index contributed by atoms with van der Waals surface area (Å²) in [5.74, 6) is -1.33. The Kier molecular flexibility index (Phi) is 4.50. The third-order valence-electron chi connectivity index (χ3n) is 3.05. The van der Waals surface area contributed by atoms with Gasteiger partial charge in [-0.1, -0.05) is 11.2 Å². The first-order chi connectivity index (χ1) is 10.8. The van der Waals surface area contributed by atoms with Gasteiger partial charge in [-0.05, 0) is 32.0 Å². The lowest BCUT2D eigenvalue weighted by atomic mass is 10.2. The summed E-state index contributed by atoms with van der Waals surface area (Å²) >= 11 is 0. The Hall–Kier alpha value is -2.68. The number of carbonyl (C=O) groups is 2. The smallest absolute Gasteiger partial charge is 0.337 e. The maximum absolute atomic E-state index is 12.3. The maximum atomic E-state index is 12.3. The number of benzene rings is 1. The number of aryl methyl sites for hydroxylation is 2. The van der Waals surface area contributed by atoms with Crippen LogP contribution < -0.4 is 4.72 Å². The number of nitrogens with one attached hydrogen (secondary N) is 1. The fraction of sp³-hybridized carbons (Fsp3) is 0.214. The van der Waals surface area contributed by atoms with Crippen LogP contribution >= 0.6 is 0 Å². The highest BCUT2D eigenvalue weighted by atomic mass is 32.2. The summed E-state index contributed by atoms with van der Waals surface area (Å²) in [7, 11) is -2.98. The molecule has 0 atom stereocenters. The summed E-state index contributed by atoms with van der Waals surface area (Å²) in [5.41, 5.74) is 0.386. The molecule has 0 unspecified atom stereocenters. The van der Waals surface area contributed by atoms with E-state index < -0.39 is 21.9 Å². The van der Waals surface area contributed by atoms with E-state index in [0.29, 0.717) is 0 Å². The van der Waals surface area contributed by atoms with E-state index in [1.54, 1.807) is 0 Å². The first-order valence-corrected chi connectivity index (χ1v) is 7.93. The van der Waals surface area contributed by atoms with E-state index >= 15 is 0 Å². The molecule has 2 aromatic rings. The molecule has 122 valence electrons. The molecule has 2 rings (SSSR count). The molecule has 1 N–H and O–H groups in total. The fourth-order valence-corrected chi connectivity index (χ4v) is 2.95. The SMILES string of the molecule is COC(=O)c1cccc(S(=O)(=O)NC(=O)c2c(C)noc2C)c1. The van der Waals surface area contributed by atoms with Gasteiger partial charge in [-0.25, -0.2) is 17.9 Å². The van der Waals surface area contributed by atoms with Crippen molar-refractivity contribution in [1.29, 1.82) is 0 Å². The van der Waals surface area contributed by atoms with Gasteiger partial charge in [-0.3, -0.25) is 4.79 Å².